The van der Waals surface area contributed by atoms with Crippen LogP contribution in [0.15, 0.2) is 0 Å². The number of thioether (sulfide) groups is 2. The smallest absolute Gasteiger partial charge is 0.324 e. The van der Waals surface area contributed by atoms with Gasteiger partial charge in [0.05, 0.1) is 5.25 Å². The number of hydrogen-bond donors (Lipinski definition) is 4. The van der Waals surface area contributed by atoms with Gasteiger partial charge < -0.3 is 19.6 Å². The molecule has 1 fully saturated rings. The average Bonchev–Trinajstić information content (AvgIpc) is 2.82. The van der Waals surface area contributed by atoms with Crippen molar-refractivity contribution in [3.8, 4) is 0 Å². The zero-order valence-corrected chi connectivity index (χ0v) is 19.2. The van der Waals surface area contributed by atoms with Crippen molar-refractivity contribution in [1.29, 1.82) is 0 Å². The van der Waals surface area contributed by atoms with E-state index in [0.29, 0.717) is 24.5 Å². The van der Waals surface area contributed by atoms with Crippen molar-refractivity contribution in [3.63, 3.8) is 0 Å². The zero-order chi connectivity index (χ0) is 21.4. The summed E-state index contributed by atoms with van der Waals surface area (Å²) in [6.07, 6.45) is 4.77. The van der Waals surface area contributed by atoms with E-state index in [0.717, 1.165) is 37.4 Å². The second kappa shape index (κ2) is 12.1. The predicted molar refractivity (Wildman–Crippen MR) is 112 cm³/mol. The van der Waals surface area contributed by atoms with Crippen molar-refractivity contribution in [2.45, 2.75) is 56.1 Å². The lowest BCUT2D eigenvalue weighted by atomic mass is 10.2. The number of nitrogens with zero attached hydrogens (tertiary/aromatic N) is 1. The number of imide groups is 1. The van der Waals surface area contributed by atoms with Crippen molar-refractivity contribution >= 4 is 50.5 Å². The van der Waals surface area contributed by atoms with Crippen LogP contribution in [0, 0.1) is 0 Å². The van der Waals surface area contributed by atoms with Gasteiger partial charge in [0.15, 0.2) is 5.40 Å². The molecule has 0 aromatic rings. The summed E-state index contributed by atoms with van der Waals surface area (Å²) in [7, 11) is -9.77. The van der Waals surface area contributed by atoms with E-state index in [1.165, 1.54) is 16.7 Å². The first-order chi connectivity index (χ1) is 13.0. The summed E-state index contributed by atoms with van der Waals surface area (Å²) < 4.78 is 22.4. The highest BCUT2D eigenvalue weighted by Gasteiger charge is 2.43. The number of unbranched alkanes of at least 4 members (excludes halogenated alkanes) is 3. The molecular weight excluding hydrogens is 448 g/mol. The fourth-order valence-electron chi connectivity index (χ4n) is 2.68. The molecule has 1 aliphatic rings. The first-order valence-electron chi connectivity index (χ1n) is 9.12. The topological polar surface area (TPSA) is 152 Å². The van der Waals surface area contributed by atoms with Crippen molar-refractivity contribution in [1.82, 2.24) is 4.90 Å². The van der Waals surface area contributed by atoms with Crippen LogP contribution in [0.5, 0.6) is 0 Å². The lowest BCUT2D eigenvalue weighted by Gasteiger charge is -2.19. The Hall–Kier alpha value is 0.140. The molecule has 13 heteroatoms. The number of carbonyl (C=O) groups is 2. The molecule has 0 spiro atoms. The number of hydrogen-bond acceptors (Lipinski definition) is 6. The molecule has 0 aromatic heterocycles. The molecule has 28 heavy (non-hydrogen) atoms. The molecule has 164 valence electrons. The minimum atomic E-state index is -4.88. The van der Waals surface area contributed by atoms with Crippen LogP contribution in [-0.4, -0.2) is 70.7 Å². The lowest BCUT2D eigenvalue weighted by Crippen LogP contribution is -2.32. The molecule has 1 atom stereocenters. The zero-order valence-electron chi connectivity index (χ0n) is 15.8. The van der Waals surface area contributed by atoms with E-state index in [1.807, 2.05) is 0 Å². The maximum Gasteiger partial charge on any atom is 0.341 e. The van der Waals surface area contributed by atoms with Crippen LogP contribution < -0.4 is 0 Å². The number of rotatable bonds is 14. The lowest BCUT2D eigenvalue weighted by molar-refractivity contribution is -0.138. The molecule has 9 nitrogen and oxygen atoms in total. The standard InChI is InChI=1S/C15H29NO8P2S2/c1-2-3-4-5-7-16-13(17)10-12(15(16)18)28-9-6-8-27-11-14(25(19,20)21)26(22,23)24/h12,14H,2-11H2,1H3,(H2,19,20,21)(H2,22,23,24). The number of carbonyl (C=O) groups excluding carboxylic acids is 2. The molecule has 0 saturated carbocycles. The Bertz CT molecular complexity index is 601. The molecule has 0 aliphatic carbocycles. The molecule has 0 aromatic carbocycles. The Balaban J connectivity index is 2.29. The highest BCUT2D eigenvalue weighted by atomic mass is 32.2. The summed E-state index contributed by atoms with van der Waals surface area (Å²) in [6, 6.07) is 0. The fraction of sp³-hybridized carbons (Fsp3) is 0.867. The minimum Gasteiger partial charge on any atom is -0.324 e. The Morgan fingerprint density at radius 1 is 1.04 bits per heavy atom. The third-order valence-corrected chi connectivity index (χ3v) is 10.9. The summed E-state index contributed by atoms with van der Waals surface area (Å²) in [5.74, 6) is 0.392. The van der Waals surface area contributed by atoms with Crippen LogP contribution in [0.1, 0.15) is 45.4 Å². The van der Waals surface area contributed by atoms with Crippen LogP contribution in [-0.2, 0) is 18.7 Å². The molecular formula is C15H29NO8P2S2. The highest BCUT2D eigenvalue weighted by molar-refractivity contribution is 8.01. The Morgan fingerprint density at radius 3 is 2.25 bits per heavy atom. The van der Waals surface area contributed by atoms with Crippen molar-refractivity contribution < 1.29 is 38.3 Å². The first kappa shape index (κ1) is 26.2. The van der Waals surface area contributed by atoms with E-state index in [2.05, 4.69) is 6.92 Å². The molecule has 0 radical (unpaired) electrons. The highest BCUT2D eigenvalue weighted by Crippen LogP contribution is 2.60. The van der Waals surface area contributed by atoms with Gasteiger partial charge in [-0.25, -0.2) is 0 Å². The summed E-state index contributed by atoms with van der Waals surface area (Å²) in [6.45, 7) is 2.56. The predicted octanol–water partition coefficient (Wildman–Crippen LogP) is 2.23. The van der Waals surface area contributed by atoms with Gasteiger partial charge in [0, 0.05) is 18.7 Å². The van der Waals surface area contributed by atoms with E-state index in [-0.39, 0.29) is 29.2 Å². The number of likely N-dealkylation sites (tertiary alicyclic amines) is 1. The van der Waals surface area contributed by atoms with Gasteiger partial charge in [-0.05, 0) is 24.3 Å². The fourth-order valence-corrected chi connectivity index (χ4v) is 8.47. The van der Waals surface area contributed by atoms with Crippen molar-refractivity contribution in [3.05, 3.63) is 0 Å². The van der Waals surface area contributed by atoms with Crippen molar-refractivity contribution in [2.24, 2.45) is 0 Å². The molecule has 0 bridgehead atoms. The minimum absolute atomic E-state index is 0.139. The maximum atomic E-state index is 12.3. The van der Waals surface area contributed by atoms with E-state index in [4.69, 9.17) is 19.6 Å². The second-order valence-electron chi connectivity index (χ2n) is 6.60. The largest absolute Gasteiger partial charge is 0.341 e. The number of amides is 2. The SMILES string of the molecule is CCCCCCN1C(=O)CC(SCCCSCC(P(=O)(O)O)P(=O)(O)O)C1=O. The third-order valence-electron chi connectivity index (χ3n) is 4.23. The maximum absolute atomic E-state index is 12.3. The van der Waals surface area contributed by atoms with Gasteiger partial charge in [0.2, 0.25) is 11.8 Å². The Labute approximate surface area is 173 Å². The normalized spacial score (nSPS) is 18.5. The van der Waals surface area contributed by atoms with Crippen LogP contribution in [0.4, 0.5) is 0 Å². The van der Waals surface area contributed by atoms with Gasteiger partial charge >= 0.3 is 15.2 Å². The molecule has 1 heterocycles. The summed E-state index contributed by atoms with van der Waals surface area (Å²) in [5.41, 5.74) is 0. The van der Waals surface area contributed by atoms with Gasteiger partial charge in [-0.3, -0.25) is 23.6 Å². The Morgan fingerprint density at radius 2 is 1.68 bits per heavy atom. The van der Waals surface area contributed by atoms with E-state index in [9.17, 15) is 18.7 Å². The summed E-state index contributed by atoms with van der Waals surface area (Å²) in [5, 5.41) is -2.38. The first-order valence-corrected chi connectivity index (χ1v) is 14.7. The van der Waals surface area contributed by atoms with E-state index in [1.54, 1.807) is 0 Å². The molecule has 1 saturated heterocycles. The summed E-state index contributed by atoms with van der Waals surface area (Å²) in [4.78, 5) is 61.9. The molecule has 1 rings (SSSR count). The molecule has 1 unspecified atom stereocenters. The van der Waals surface area contributed by atoms with Gasteiger partial charge in [0.25, 0.3) is 0 Å². The van der Waals surface area contributed by atoms with Gasteiger partial charge in [-0.15, -0.1) is 11.8 Å². The quantitative estimate of drug-likeness (QED) is 0.166. The average molecular weight is 477 g/mol. The van der Waals surface area contributed by atoms with Crippen LogP contribution in [0.25, 0.3) is 0 Å². The van der Waals surface area contributed by atoms with Gasteiger partial charge in [-0.2, -0.15) is 11.8 Å². The van der Waals surface area contributed by atoms with E-state index < -0.39 is 20.6 Å². The van der Waals surface area contributed by atoms with Crippen LogP contribution in [0.2, 0.25) is 0 Å². The Kier molecular flexibility index (Phi) is 11.3. The molecule has 2 amide bonds. The van der Waals surface area contributed by atoms with Crippen LogP contribution in [0.3, 0.4) is 0 Å². The molecule has 4 N–H and O–H groups in total. The molecule has 1 aliphatic heterocycles. The van der Waals surface area contributed by atoms with Gasteiger partial charge in [-0.1, -0.05) is 26.2 Å². The van der Waals surface area contributed by atoms with Crippen LogP contribution >= 0.6 is 38.7 Å². The summed E-state index contributed by atoms with van der Waals surface area (Å²) >= 11 is 2.44. The van der Waals surface area contributed by atoms with Crippen molar-refractivity contribution in [2.75, 3.05) is 23.8 Å². The second-order valence-corrected chi connectivity index (χ2v) is 13.1. The van der Waals surface area contributed by atoms with Gasteiger partial charge in [0.1, 0.15) is 0 Å². The monoisotopic (exact) mass is 477 g/mol. The van der Waals surface area contributed by atoms with E-state index >= 15 is 0 Å². The third kappa shape index (κ3) is 8.88.